The second-order valence-corrected chi connectivity index (χ2v) is 17.7. The minimum atomic E-state index is -5.33. The molecule has 2 aliphatic heterocycles. The van der Waals surface area contributed by atoms with E-state index in [4.69, 9.17) is 32.7 Å². The standard InChI is InChI=1S/C42H62Cl2F3N7O10/c1-24(2)20-29-39(60)53(6)33(22-25-21-26(43)14-15-27(25)44)36(57)50-30(23-64-8)37(58)51(4)17-10-9-12-31(34(55)49-29)52(5)38(59)28(16-19-63-7)48-35(56)32-13-11-18-54(32)40(61)41(3,62)42(45,46)47/h14-15,21,24,28-33,62H,9-13,16-20,22-23H2,1-8H3,(H,48,56)(H,49,55)(H,50,57)/t28-,29-,30+,31-,32-,33-,41+/m0/s1. The molecule has 0 spiro atoms. The van der Waals surface area contributed by atoms with E-state index in [9.17, 15) is 51.8 Å². The number of likely N-dealkylation sites (tertiary alicyclic amines) is 1. The predicted octanol–water partition coefficient (Wildman–Crippen LogP) is 2.32. The maximum absolute atomic E-state index is 14.5. The summed E-state index contributed by atoms with van der Waals surface area (Å²) in [7, 11) is 6.95. The number of ether oxygens (including phenoxy) is 2. The SMILES string of the molecule is COCC[C@H](NC(=O)[C@@H]1CCCN1C(=O)[C@@](C)(O)C(F)(F)F)C(=O)N(C)[C@H]1CCCCN(C)C(=O)[C@@H](COC)NC(=O)[C@H](Cc2cc(Cl)ccc2Cl)N(C)C(=O)[C@H](CC(C)C)NC1=O. The second kappa shape index (κ2) is 23.8. The van der Waals surface area contributed by atoms with E-state index in [2.05, 4.69) is 16.0 Å². The second-order valence-electron chi connectivity index (χ2n) is 16.9. The first-order valence-corrected chi connectivity index (χ1v) is 21.8. The largest absolute Gasteiger partial charge is 0.426 e. The predicted molar refractivity (Wildman–Crippen MR) is 230 cm³/mol. The molecule has 0 unspecified atom stereocenters. The molecule has 22 heteroatoms. The molecule has 2 heterocycles. The molecule has 17 nitrogen and oxygen atoms in total. The first kappa shape index (κ1) is 54.1. The highest BCUT2D eigenvalue weighted by Gasteiger charge is 2.58. The fourth-order valence-corrected chi connectivity index (χ4v) is 8.08. The highest BCUT2D eigenvalue weighted by Crippen LogP contribution is 2.34. The summed E-state index contributed by atoms with van der Waals surface area (Å²) in [4.78, 5) is 102. The maximum Gasteiger partial charge on any atom is 0.426 e. The molecular formula is C42H62Cl2F3N7O10. The van der Waals surface area contributed by atoms with Crippen LogP contribution in [0.25, 0.3) is 0 Å². The van der Waals surface area contributed by atoms with Gasteiger partial charge < -0.3 is 50.1 Å². The molecule has 0 aliphatic carbocycles. The summed E-state index contributed by atoms with van der Waals surface area (Å²) in [6.45, 7) is 3.61. The van der Waals surface area contributed by atoms with Crippen molar-refractivity contribution in [1.29, 1.82) is 0 Å². The molecule has 360 valence electrons. The highest BCUT2D eigenvalue weighted by atomic mass is 35.5. The Morgan fingerprint density at radius 1 is 0.953 bits per heavy atom. The number of carbonyl (C=O) groups is 7. The molecule has 0 saturated carbocycles. The summed E-state index contributed by atoms with van der Waals surface area (Å²) in [6, 6.07) is -3.12. The molecule has 0 radical (unpaired) electrons. The van der Waals surface area contributed by atoms with Crippen LogP contribution in [0.4, 0.5) is 13.2 Å². The van der Waals surface area contributed by atoms with Gasteiger partial charge in [-0.3, -0.25) is 33.6 Å². The molecule has 7 amide bonds. The fraction of sp³-hybridized carbons (Fsp3) is 0.690. The number of aliphatic hydroxyl groups is 1. The van der Waals surface area contributed by atoms with Crippen LogP contribution in [-0.2, 0) is 49.5 Å². The van der Waals surface area contributed by atoms with E-state index in [-0.39, 0.29) is 82.2 Å². The topological polar surface area (TPSA) is 207 Å². The molecule has 64 heavy (non-hydrogen) atoms. The van der Waals surface area contributed by atoms with Crippen LogP contribution in [0.1, 0.15) is 71.3 Å². The number of carbonyl (C=O) groups excluding carboxylic acids is 7. The van der Waals surface area contributed by atoms with Crippen LogP contribution < -0.4 is 16.0 Å². The van der Waals surface area contributed by atoms with Gasteiger partial charge in [-0.25, -0.2) is 0 Å². The van der Waals surface area contributed by atoms with Crippen LogP contribution in [0.15, 0.2) is 18.2 Å². The van der Waals surface area contributed by atoms with Crippen molar-refractivity contribution in [2.24, 2.45) is 5.92 Å². The Hall–Kier alpha value is -4.24. The lowest BCUT2D eigenvalue weighted by Crippen LogP contribution is -2.61. The molecule has 2 fully saturated rings. The van der Waals surface area contributed by atoms with Crippen molar-refractivity contribution in [3.63, 3.8) is 0 Å². The van der Waals surface area contributed by atoms with Crippen LogP contribution in [0.5, 0.6) is 0 Å². The molecule has 3 rings (SSSR count). The van der Waals surface area contributed by atoms with E-state index < -0.39 is 89.4 Å². The van der Waals surface area contributed by atoms with Crippen LogP contribution in [0, 0.1) is 5.92 Å². The molecule has 0 aromatic heterocycles. The summed E-state index contributed by atoms with van der Waals surface area (Å²) < 4.78 is 51.3. The van der Waals surface area contributed by atoms with E-state index in [1.165, 1.54) is 40.3 Å². The van der Waals surface area contributed by atoms with Crippen molar-refractivity contribution in [2.45, 2.75) is 120 Å². The number of likely N-dealkylation sites (N-methyl/N-ethyl adjacent to an activating group) is 3. The Morgan fingerprint density at radius 3 is 2.22 bits per heavy atom. The van der Waals surface area contributed by atoms with Gasteiger partial charge >= 0.3 is 6.18 Å². The maximum atomic E-state index is 14.5. The fourth-order valence-electron chi connectivity index (χ4n) is 7.69. The third kappa shape index (κ3) is 13.9. The Balaban J connectivity index is 2.04. The Morgan fingerprint density at radius 2 is 1.61 bits per heavy atom. The highest BCUT2D eigenvalue weighted by molar-refractivity contribution is 6.33. The van der Waals surface area contributed by atoms with E-state index >= 15 is 0 Å². The normalized spacial score (nSPS) is 23.7. The van der Waals surface area contributed by atoms with Crippen molar-refractivity contribution in [1.82, 2.24) is 35.6 Å². The Bertz CT molecular complexity index is 1840. The monoisotopic (exact) mass is 951 g/mol. The lowest BCUT2D eigenvalue weighted by molar-refractivity contribution is -0.250. The Kier molecular flexibility index (Phi) is 20.1. The zero-order chi connectivity index (χ0) is 48.3. The summed E-state index contributed by atoms with van der Waals surface area (Å²) in [5.74, 6) is -6.22. The number of nitrogens with one attached hydrogen (secondary N) is 3. The van der Waals surface area contributed by atoms with Crippen molar-refractivity contribution in [3.8, 4) is 0 Å². The lowest BCUT2D eigenvalue weighted by atomic mass is 9.98. The van der Waals surface area contributed by atoms with Crippen LogP contribution in [0.2, 0.25) is 10.0 Å². The molecule has 2 aliphatic rings. The van der Waals surface area contributed by atoms with E-state index in [0.29, 0.717) is 28.8 Å². The van der Waals surface area contributed by atoms with Gasteiger partial charge in [0.15, 0.2) is 0 Å². The van der Waals surface area contributed by atoms with Crippen LogP contribution >= 0.6 is 23.2 Å². The van der Waals surface area contributed by atoms with E-state index in [1.54, 1.807) is 18.2 Å². The van der Waals surface area contributed by atoms with Gasteiger partial charge in [0.1, 0.15) is 36.3 Å². The number of methoxy groups -OCH3 is 2. The lowest BCUT2D eigenvalue weighted by Gasteiger charge is -2.36. The van der Waals surface area contributed by atoms with Gasteiger partial charge in [0.05, 0.1) is 6.61 Å². The molecule has 0 bridgehead atoms. The first-order chi connectivity index (χ1) is 29.9. The number of halogens is 5. The minimum absolute atomic E-state index is 0.0189. The third-order valence-corrected chi connectivity index (χ3v) is 12.1. The minimum Gasteiger partial charge on any atom is -0.385 e. The first-order valence-electron chi connectivity index (χ1n) is 21.1. The number of nitrogens with zero attached hydrogens (tertiary/aromatic N) is 4. The number of alkyl halides is 3. The number of rotatable bonds is 14. The summed E-state index contributed by atoms with van der Waals surface area (Å²) in [6.07, 6.45) is -4.79. The van der Waals surface area contributed by atoms with Gasteiger partial charge in [0.2, 0.25) is 41.0 Å². The van der Waals surface area contributed by atoms with E-state index in [0.717, 1.165) is 9.80 Å². The van der Waals surface area contributed by atoms with Crippen molar-refractivity contribution < 1.29 is 61.3 Å². The zero-order valence-electron chi connectivity index (χ0n) is 37.6. The van der Waals surface area contributed by atoms with Gasteiger partial charge in [0, 0.05) is 71.5 Å². The molecular weight excluding hydrogens is 890 g/mol. The summed E-state index contributed by atoms with van der Waals surface area (Å²) in [5, 5.41) is 18.8. The molecule has 7 atom stereocenters. The Labute approximate surface area is 382 Å². The van der Waals surface area contributed by atoms with E-state index in [1.807, 2.05) is 13.8 Å². The summed E-state index contributed by atoms with van der Waals surface area (Å²) >= 11 is 12.8. The number of hydrogen-bond acceptors (Lipinski definition) is 10. The summed E-state index contributed by atoms with van der Waals surface area (Å²) in [5.41, 5.74) is -3.34. The van der Waals surface area contributed by atoms with Crippen LogP contribution in [-0.4, -0.2) is 176 Å². The van der Waals surface area contributed by atoms with Gasteiger partial charge in [-0.15, -0.1) is 0 Å². The zero-order valence-corrected chi connectivity index (χ0v) is 39.1. The smallest absolute Gasteiger partial charge is 0.385 e. The third-order valence-electron chi connectivity index (χ3n) is 11.5. The molecule has 1 aromatic rings. The number of hydrogen-bond donors (Lipinski definition) is 4. The molecule has 2 saturated heterocycles. The van der Waals surface area contributed by atoms with Gasteiger partial charge in [-0.2, -0.15) is 13.2 Å². The average molecular weight is 953 g/mol. The number of amides is 7. The molecule has 1 aromatic carbocycles. The molecule has 4 N–H and O–H groups in total. The average Bonchev–Trinajstić information content (AvgIpc) is 3.72. The van der Waals surface area contributed by atoms with Crippen molar-refractivity contribution >= 4 is 64.6 Å². The quantitative estimate of drug-likeness (QED) is 0.214. The number of benzene rings is 1. The van der Waals surface area contributed by atoms with Crippen molar-refractivity contribution in [2.75, 3.05) is 61.7 Å². The van der Waals surface area contributed by atoms with Crippen molar-refractivity contribution in [3.05, 3.63) is 33.8 Å². The van der Waals surface area contributed by atoms with Gasteiger partial charge in [-0.1, -0.05) is 37.0 Å². The van der Waals surface area contributed by atoms with Crippen LogP contribution in [0.3, 0.4) is 0 Å². The van der Waals surface area contributed by atoms with Gasteiger partial charge in [-0.05, 0) is 81.5 Å². The van der Waals surface area contributed by atoms with Gasteiger partial charge in [0.25, 0.3) is 5.91 Å².